The molecule has 146 valence electrons. The third kappa shape index (κ3) is 10.6. The van der Waals surface area contributed by atoms with Crippen LogP contribution in [-0.4, -0.2) is 63.4 Å². The Morgan fingerprint density at radius 2 is 2.08 bits per heavy atom. The molecule has 1 aromatic rings. The number of carbonyl (C=O) groups is 1. The summed E-state index contributed by atoms with van der Waals surface area (Å²) in [7, 11) is 1.65. The molecule has 0 aliphatic carbocycles. The fourth-order valence-corrected chi connectivity index (χ4v) is 2.06. The zero-order valence-electron chi connectivity index (χ0n) is 16.0. The highest BCUT2D eigenvalue weighted by Gasteiger charge is 2.04. The molecule has 1 aromatic heterocycles. The molecule has 3 N–H and O–H groups in total. The van der Waals surface area contributed by atoms with Crippen molar-refractivity contribution in [2.45, 2.75) is 26.7 Å². The standard InChI is InChI=1S/C18H31N5O3/c1-4-19-18(20-10-6-12-26-14-13-25-3)21-11-9-17(24)23-16-8-5-7-15(2)22-16/h5,7-8H,4,6,9-14H2,1-3H3,(H2,19,20,21)(H,22,23,24). The first-order valence-electron chi connectivity index (χ1n) is 8.98. The van der Waals surface area contributed by atoms with E-state index >= 15 is 0 Å². The average Bonchev–Trinajstić information content (AvgIpc) is 2.61. The number of aryl methyl sites for hydroxylation is 1. The van der Waals surface area contributed by atoms with Gasteiger partial charge < -0.3 is 25.4 Å². The Bertz CT molecular complexity index is 551. The van der Waals surface area contributed by atoms with E-state index in [0.717, 1.165) is 18.7 Å². The number of methoxy groups -OCH3 is 1. The maximum Gasteiger partial charge on any atom is 0.227 e. The highest BCUT2D eigenvalue weighted by molar-refractivity contribution is 5.90. The lowest BCUT2D eigenvalue weighted by Crippen LogP contribution is -2.38. The fraction of sp³-hybridized carbons (Fsp3) is 0.611. The second kappa shape index (κ2) is 14.0. The van der Waals surface area contributed by atoms with Gasteiger partial charge >= 0.3 is 0 Å². The van der Waals surface area contributed by atoms with Gasteiger partial charge in [-0.2, -0.15) is 0 Å². The van der Waals surface area contributed by atoms with E-state index in [1.165, 1.54) is 0 Å². The van der Waals surface area contributed by atoms with Crippen LogP contribution in [0.3, 0.4) is 0 Å². The van der Waals surface area contributed by atoms with Gasteiger partial charge in [-0.05, 0) is 32.4 Å². The van der Waals surface area contributed by atoms with E-state index in [9.17, 15) is 4.79 Å². The number of amides is 1. The molecule has 1 amide bonds. The van der Waals surface area contributed by atoms with Crippen molar-refractivity contribution >= 4 is 17.7 Å². The normalized spacial score (nSPS) is 11.3. The molecule has 1 heterocycles. The van der Waals surface area contributed by atoms with E-state index in [1.807, 2.05) is 26.0 Å². The van der Waals surface area contributed by atoms with Crippen molar-refractivity contribution in [2.75, 3.05) is 51.9 Å². The van der Waals surface area contributed by atoms with Crippen LogP contribution in [0, 0.1) is 6.92 Å². The summed E-state index contributed by atoms with van der Waals surface area (Å²) in [5, 5.41) is 9.10. The number of aliphatic imine (C=N–C) groups is 1. The second-order valence-corrected chi connectivity index (χ2v) is 5.61. The van der Waals surface area contributed by atoms with Crippen molar-refractivity contribution in [1.29, 1.82) is 0 Å². The maximum absolute atomic E-state index is 12.0. The van der Waals surface area contributed by atoms with Crippen LogP contribution in [0.15, 0.2) is 23.2 Å². The van der Waals surface area contributed by atoms with Crippen molar-refractivity contribution in [3.8, 4) is 0 Å². The molecule has 0 aromatic carbocycles. The number of anilines is 1. The summed E-state index contributed by atoms with van der Waals surface area (Å²) in [4.78, 5) is 20.7. The number of aromatic nitrogens is 1. The Morgan fingerprint density at radius 3 is 2.81 bits per heavy atom. The minimum atomic E-state index is -0.0852. The summed E-state index contributed by atoms with van der Waals surface area (Å²) in [6.45, 7) is 7.65. The Kier molecular flexibility index (Phi) is 11.8. The SMILES string of the molecule is CCNC(=NCCCOCCOC)NCCC(=O)Nc1cccc(C)n1. The van der Waals surface area contributed by atoms with Crippen molar-refractivity contribution in [3.05, 3.63) is 23.9 Å². The molecule has 0 aliphatic rings. The van der Waals surface area contributed by atoms with E-state index in [4.69, 9.17) is 9.47 Å². The van der Waals surface area contributed by atoms with E-state index in [0.29, 0.717) is 51.1 Å². The molecule has 1 rings (SSSR count). The Hall–Kier alpha value is -2.19. The van der Waals surface area contributed by atoms with Gasteiger partial charge in [-0.3, -0.25) is 9.79 Å². The third-order valence-electron chi connectivity index (χ3n) is 3.29. The number of nitrogens with zero attached hydrogens (tertiary/aromatic N) is 2. The van der Waals surface area contributed by atoms with Gasteiger partial charge in [0.2, 0.25) is 5.91 Å². The number of pyridine rings is 1. The molecule has 0 atom stereocenters. The van der Waals surface area contributed by atoms with E-state index < -0.39 is 0 Å². The second-order valence-electron chi connectivity index (χ2n) is 5.61. The molecule has 0 saturated carbocycles. The molecule has 0 fully saturated rings. The number of carbonyl (C=O) groups excluding carboxylic acids is 1. The lowest BCUT2D eigenvalue weighted by atomic mass is 10.3. The van der Waals surface area contributed by atoms with Crippen LogP contribution in [-0.2, 0) is 14.3 Å². The zero-order valence-corrected chi connectivity index (χ0v) is 16.0. The number of rotatable bonds is 12. The molecule has 0 aliphatic heterocycles. The summed E-state index contributed by atoms with van der Waals surface area (Å²) >= 11 is 0. The number of hydrogen-bond acceptors (Lipinski definition) is 5. The van der Waals surface area contributed by atoms with Crippen LogP contribution in [0.4, 0.5) is 5.82 Å². The number of ether oxygens (including phenoxy) is 2. The predicted molar refractivity (Wildman–Crippen MR) is 104 cm³/mol. The Labute approximate surface area is 155 Å². The van der Waals surface area contributed by atoms with Crippen LogP contribution in [0.2, 0.25) is 0 Å². The van der Waals surface area contributed by atoms with E-state index in [-0.39, 0.29) is 5.91 Å². The summed E-state index contributed by atoms with van der Waals surface area (Å²) in [6, 6.07) is 5.53. The Morgan fingerprint density at radius 1 is 1.23 bits per heavy atom. The summed E-state index contributed by atoms with van der Waals surface area (Å²) in [5.74, 6) is 1.19. The van der Waals surface area contributed by atoms with E-state index in [2.05, 4.69) is 25.9 Å². The topological polar surface area (TPSA) is 96.9 Å². The van der Waals surface area contributed by atoms with Gasteiger partial charge in [-0.15, -0.1) is 0 Å². The van der Waals surface area contributed by atoms with Crippen molar-refractivity contribution in [2.24, 2.45) is 4.99 Å². The minimum Gasteiger partial charge on any atom is -0.382 e. The summed E-state index contributed by atoms with van der Waals surface area (Å²) in [5.41, 5.74) is 0.869. The van der Waals surface area contributed by atoms with Crippen LogP contribution >= 0.6 is 0 Å². The van der Waals surface area contributed by atoms with Gasteiger partial charge in [-0.1, -0.05) is 6.07 Å². The van der Waals surface area contributed by atoms with Crippen LogP contribution in [0.5, 0.6) is 0 Å². The molecule has 0 spiro atoms. The molecular weight excluding hydrogens is 334 g/mol. The number of hydrogen-bond donors (Lipinski definition) is 3. The van der Waals surface area contributed by atoms with Crippen molar-refractivity contribution in [3.63, 3.8) is 0 Å². The number of guanidine groups is 1. The first-order valence-corrected chi connectivity index (χ1v) is 8.98. The van der Waals surface area contributed by atoms with Gasteiger partial charge in [0, 0.05) is 45.5 Å². The first-order chi connectivity index (χ1) is 12.7. The average molecular weight is 365 g/mol. The third-order valence-corrected chi connectivity index (χ3v) is 3.29. The summed E-state index contributed by atoms with van der Waals surface area (Å²) < 4.78 is 10.3. The fourth-order valence-electron chi connectivity index (χ4n) is 2.06. The smallest absolute Gasteiger partial charge is 0.227 e. The number of nitrogens with one attached hydrogen (secondary N) is 3. The maximum atomic E-state index is 12.0. The predicted octanol–water partition coefficient (Wildman–Crippen LogP) is 1.33. The van der Waals surface area contributed by atoms with Gasteiger partial charge in [0.1, 0.15) is 5.82 Å². The molecule has 26 heavy (non-hydrogen) atoms. The highest BCUT2D eigenvalue weighted by atomic mass is 16.5. The highest BCUT2D eigenvalue weighted by Crippen LogP contribution is 2.03. The molecule has 8 nitrogen and oxygen atoms in total. The van der Waals surface area contributed by atoms with Gasteiger partial charge in [0.05, 0.1) is 13.2 Å². The molecular formula is C18H31N5O3. The quantitative estimate of drug-likeness (QED) is 0.294. The molecule has 8 heteroatoms. The molecule has 0 radical (unpaired) electrons. The molecule has 0 bridgehead atoms. The van der Waals surface area contributed by atoms with Crippen molar-refractivity contribution in [1.82, 2.24) is 15.6 Å². The summed E-state index contributed by atoms with van der Waals surface area (Å²) in [6.07, 6.45) is 1.17. The van der Waals surface area contributed by atoms with Crippen LogP contribution < -0.4 is 16.0 Å². The van der Waals surface area contributed by atoms with Gasteiger partial charge in [0.15, 0.2) is 5.96 Å². The van der Waals surface area contributed by atoms with Crippen LogP contribution in [0.1, 0.15) is 25.5 Å². The van der Waals surface area contributed by atoms with Crippen LogP contribution in [0.25, 0.3) is 0 Å². The molecule has 0 saturated heterocycles. The lowest BCUT2D eigenvalue weighted by molar-refractivity contribution is -0.116. The zero-order chi connectivity index (χ0) is 19.0. The lowest BCUT2D eigenvalue weighted by Gasteiger charge is -2.11. The minimum absolute atomic E-state index is 0.0852. The van der Waals surface area contributed by atoms with Gasteiger partial charge in [0.25, 0.3) is 0 Å². The van der Waals surface area contributed by atoms with Gasteiger partial charge in [-0.25, -0.2) is 4.98 Å². The Balaban J connectivity index is 2.24. The first kappa shape index (κ1) is 21.9. The monoisotopic (exact) mass is 365 g/mol. The van der Waals surface area contributed by atoms with Crippen molar-refractivity contribution < 1.29 is 14.3 Å². The van der Waals surface area contributed by atoms with E-state index in [1.54, 1.807) is 13.2 Å². The molecule has 0 unspecified atom stereocenters. The largest absolute Gasteiger partial charge is 0.382 e.